The van der Waals surface area contributed by atoms with E-state index in [1.54, 1.807) is 4.90 Å². The lowest BCUT2D eigenvalue weighted by atomic mass is 10.2. The highest BCUT2D eigenvalue weighted by Gasteiger charge is 2.20. The van der Waals surface area contributed by atoms with E-state index < -0.39 is 17.5 Å². The molecule has 0 saturated heterocycles. The number of nitrogens with zero attached hydrogens (tertiary/aromatic N) is 3. The monoisotopic (exact) mass is 471 g/mol. The summed E-state index contributed by atoms with van der Waals surface area (Å²) in [6.45, 7) is 3.59. The first-order valence-corrected chi connectivity index (χ1v) is 8.56. The number of aromatic nitrogens is 2. The van der Waals surface area contributed by atoms with Gasteiger partial charge in [-0.15, -0.1) is 24.8 Å². The van der Waals surface area contributed by atoms with Crippen LogP contribution in [0.1, 0.15) is 27.8 Å². The third kappa shape index (κ3) is 7.11. The van der Waals surface area contributed by atoms with Crippen LogP contribution in [0.15, 0.2) is 18.2 Å². The summed E-state index contributed by atoms with van der Waals surface area (Å²) in [4.78, 5) is 28.3. The Morgan fingerprint density at radius 1 is 1.14 bits per heavy atom. The van der Waals surface area contributed by atoms with Crippen molar-refractivity contribution in [2.24, 2.45) is 0 Å². The second-order valence-corrected chi connectivity index (χ2v) is 6.46. The molecule has 0 aliphatic heterocycles. The van der Waals surface area contributed by atoms with Gasteiger partial charge in [-0.2, -0.15) is 5.10 Å². The maximum absolute atomic E-state index is 13.3. The molecule has 0 atom stereocenters. The average Bonchev–Trinajstić information content (AvgIpc) is 3.06. The van der Waals surface area contributed by atoms with Gasteiger partial charge in [0, 0.05) is 25.7 Å². The molecule has 1 aromatic heterocycles. The molecule has 29 heavy (non-hydrogen) atoms. The van der Waals surface area contributed by atoms with Crippen LogP contribution in [0.25, 0.3) is 0 Å². The molecule has 2 amide bonds. The lowest BCUT2D eigenvalue weighted by Gasteiger charge is -2.21. The Morgan fingerprint density at radius 3 is 2.34 bits per heavy atom. The summed E-state index contributed by atoms with van der Waals surface area (Å²) in [5.74, 6) is -3.26. The Labute approximate surface area is 184 Å². The molecule has 7 nitrogen and oxygen atoms in total. The SMILES string of the molecule is CCN(CCN(C)C)C(=O)c1cc(NC(=O)c2cc(F)c(F)cc2Cl)[nH]n1.Cl.Cl. The second kappa shape index (κ2) is 11.9. The first-order chi connectivity index (χ1) is 12.7. The van der Waals surface area contributed by atoms with Crippen molar-refractivity contribution in [3.8, 4) is 0 Å². The second-order valence-electron chi connectivity index (χ2n) is 6.06. The molecule has 0 saturated carbocycles. The third-order valence-corrected chi connectivity index (χ3v) is 4.10. The minimum absolute atomic E-state index is 0. The van der Waals surface area contributed by atoms with Crippen LogP contribution < -0.4 is 5.32 Å². The van der Waals surface area contributed by atoms with Gasteiger partial charge in [-0.05, 0) is 33.2 Å². The predicted octanol–water partition coefficient (Wildman–Crippen LogP) is 3.46. The van der Waals surface area contributed by atoms with E-state index in [9.17, 15) is 18.4 Å². The molecule has 0 aliphatic rings. The van der Waals surface area contributed by atoms with Gasteiger partial charge in [0.05, 0.1) is 10.6 Å². The van der Waals surface area contributed by atoms with Gasteiger partial charge in [-0.25, -0.2) is 8.78 Å². The van der Waals surface area contributed by atoms with E-state index in [-0.39, 0.29) is 52.8 Å². The van der Waals surface area contributed by atoms with Gasteiger partial charge >= 0.3 is 0 Å². The average molecular weight is 473 g/mol. The van der Waals surface area contributed by atoms with Crippen LogP contribution in [0.4, 0.5) is 14.6 Å². The minimum Gasteiger partial charge on any atom is -0.336 e. The molecule has 162 valence electrons. The number of hydrogen-bond acceptors (Lipinski definition) is 4. The Kier molecular flexibility index (Phi) is 11.1. The third-order valence-electron chi connectivity index (χ3n) is 3.79. The Morgan fingerprint density at radius 2 is 1.76 bits per heavy atom. The normalized spacial score (nSPS) is 10.2. The molecule has 0 spiro atoms. The first-order valence-electron chi connectivity index (χ1n) is 8.18. The number of likely N-dealkylation sites (N-methyl/N-ethyl adjacent to an activating group) is 2. The highest BCUT2D eigenvalue weighted by Crippen LogP contribution is 2.21. The van der Waals surface area contributed by atoms with Crippen molar-refractivity contribution in [2.75, 3.05) is 39.0 Å². The molecule has 2 aromatic rings. The molecule has 0 fully saturated rings. The number of halogens is 5. The van der Waals surface area contributed by atoms with E-state index in [1.165, 1.54) is 6.07 Å². The van der Waals surface area contributed by atoms with Crippen LogP contribution in [-0.2, 0) is 0 Å². The summed E-state index contributed by atoms with van der Waals surface area (Å²) < 4.78 is 26.4. The van der Waals surface area contributed by atoms with Crippen LogP contribution in [0, 0.1) is 11.6 Å². The zero-order valence-electron chi connectivity index (χ0n) is 16.0. The summed E-state index contributed by atoms with van der Waals surface area (Å²) in [7, 11) is 3.81. The summed E-state index contributed by atoms with van der Waals surface area (Å²) in [6, 6.07) is 2.79. The number of rotatable bonds is 7. The van der Waals surface area contributed by atoms with Gasteiger partial charge in [0.25, 0.3) is 11.8 Å². The van der Waals surface area contributed by atoms with E-state index >= 15 is 0 Å². The van der Waals surface area contributed by atoms with Crippen molar-refractivity contribution in [3.63, 3.8) is 0 Å². The zero-order valence-corrected chi connectivity index (χ0v) is 18.4. The molecule has 2 rings (SSSR count). The number of nitrogens with one attached hydrogen (secondary N) is 2. The van der Waals surface area contributed by atoms with E-state index in [4.69, 9.17) is 11.6 Å². The topological polar surface area (TPSA) is 81.3 Å². The number of aromatic amines is 1. The van der Waals surface area contributed by atoms with Crippen molar-refractivity contribution in [1.29, 1.82) is 0 Å². The van der Waals surface area contributed by atoms with Gasteiger partial charge in [0.2, 0.25) is 0 Å². The first kappa shape index (κ1) is 27.1. The number of carbonyl (C=O) groups excluding carboxylic acids is 2. The van der Waals surface area contributed by atoms with Crippen molar-refractivity contribution >= 4 is 54.0 Å². The minimum atomic E-state index is -1.19. The fourth-order valence-electron chi connectivity index (χ4n) is 2.27. The Hall–Kier alpha value is -1.94. The molecule has 1 heterocycles. The highest BCUT2D eigenvalue weighted by molar-refractivity contribution is 6.34. The van der Waals surface area contributed by atoms with Crippen LogP contribution in [-0.4, -0.2) is 65.5 Å². The summed E-state index contributed by atoms with van der Waals surface area (Å²) in [5, 5.41) is 8.61. The number of carbonyl (C=O) groups is 2. The van der Waals surface area contributed by atoms with E-state index in [0.29, 0.717) is 25.7 Å². The number of anilines is 1. The Bertz CT molecular complexity index is 848. The Balaban J connectivity index is 0.00000392. The summed E-state index contributed by atoms with van der Waals surface area (Å²) in [6.07, 6.45) is 0. The highest BCUT2D eigenvalue weighted by atomic mass is 35.5. The fourth-order valence-corrected chi connectivity index (χ4v) is 2.50. The maximum Gasteiger partial charge on any atom is 0.274 e. The fraction of sp³-hybridized carbons (Fsp3) is 0.353. The van der Waals surface area contributed by atoms with Crippen LogP contribution in [0.3, 0.4) is 0 Å². The van der Waals surface area contributed by atoms with E-state index in [1.807, 2.05) is 25.9 Å². The van der Waals surface area contributed by atoms with Gasteiger partial charge in [0.1, 0.15) is 5.82 Å². The number of amides is 2. The molecule has 0 unspecified atom stereocenters. The van der Waals surface area contributed by atoms with Crippen LogP contribution in [0.5, 0.6) is 0 Å². The number of hydrogen-bond donors (Lipinski definition) is 2. The lowest BCUT2D eigenvalue weighted by Crippen LogP contribution is -2.36. The standard InChI is InChI=1S/C17H20ClF2N5O2.2ClH/c1-4-25(6-5-24(2)3)17(27)14-9-15(23-22-14)21-16(26)10-7-12(19)13(20)8-11(10)18;;/h7-9H,4-6H2,1-3H3,(H2,21,22,23,26);2*1H. The van der Waals surface area contributed by atoms with Crippen molar-refractivity contribution in [1.82, 2.24) is 20.0 Å². The molecule has 0 bridgehead atoms. The molecule has 2 N–H and O–H groups in total. The molecule has 12 heteroatoms. The summed E-state index contributed by atoms with van der Waals surface area (Å²) in [5.41, 5.74) is -0.110. The van der Waals surface area contributed by atoms with Crippen LogP contribution in [0.2, 0.25) is 5.02 Å². The molecule has 1 aromatic carbocycles. The largest absolute Gasteiger partial charge is 0.336 e. The smallest absolute Gasteiger partial charge is 0.274 e. The predicted molar refractivity (Wildman–Crippen MR) is 113 cm³/mol. The van der Waals surface area contributed by atoms with Crippen molar-refractivity contribution in [2.45, 2.75) is 6.92 Å². The van der Waals surface area contributed by atoms with Gasteiger partial charge < -0.3 is 15.1 Å². The van der Waals surface area contributed by atoms with Crippen LogP contribution >= 0.6 is 36.4 Å². The zero-order chi connectivity index (χ0) is 20.1. The maximum atomic E-state index is 13.3. The van der Waals surface area contributed by atoms with Gasteiger partial charge in [0.15, 0.2) is 17.3 Å². The van der Waals surface area contributed by atoms with E-state index in [2.05, 4.69) is 15.5 Å². The number of benzene rings is 1. The van der Waals surface area contributed by atoms with Gasteiger partial charge in [-0.1, -0.05) is 11.6 Å². The van der Waals surface area contributed by atoms with Crippen molar-refractivity contribution < 1.29 is 18.4 Å². The number of H-pyrrole nitrogens is 1. The lowest BCUT2D eigenvalue weighted by molar-refractivity contribution is 0.0748. The molecular weight excluding hydrogens is 451 g/mol. The molecule has 0 aliphatic carbocycles. The van der Waals surface area contributed by atoms with Gasteiger partial charge in [-0.3, -0.25) is 14.7 Å². The molecule has 0 radical (unpaired) electrons. The summed E-state index contributed by atoms with van der Waals surface area (Å²) >= 11 is 5.78. The van der Waals surface area contributed by atoms with E-state index in [0.717, 1.165) is 6.07 Å². The van der Waals surface area contributed by atoms with Crippen molar-refractivity contribution in [3.05, 3.63) is 46.1 Å². The molecular formula is C17H22Cl3F2N5O2. The quantitative estimate of drug-likeness (QED) is 0.605.